The van der Waals surface area contributed by atoms with E-state index in [1.807, 2.05) is 37.3 Å². The SMILES string of the molecule is CCOc1cccc2[nH]c(-c3ccco3)nc12. The summed E-state index contributed by atoms with van der Waals surface area (Å²) in [7, 11) is 0. The van der Waals surface area contributed by atoms with Crippen LogP contribution >= 0.6 is 0 Å². The zero-order valence-corrected chi connectivity index (χ0v) is 9.43. The van der Waals surface area contributed by atoms with Crippen molar-refractivity contribution in [3.63, 3.8) is 0 Å². The summed E-state index contributed by atoms with van der Waals surface area (Å²) in [5, 5.41) is 0. The van der Waals surface area contributed by atoms with Gasteiger partial charge in [-0.1, -0.05) is 6.07 Å². The van der Waals surface area contributed by atoms with Gasteiger partial charge in [0.1, 0.15) is 11.3 Å². The molecule has 0 aliphatic rings. The molecular formula is C13H12N2O2. The number of hydrogen-bond acceptors (Lipinski definition) is 3. The topological polar surface area (TPSA) is 51.0 Å². The number of ether oxygens (including phenoxy) is 1. The molecule has 0 aliphatic heterocycles. The summed E-state index contributed by atoms with van der Waals surface area (Å²) in [5.74, 6) is 2.24. The fourth-order valence-corrected chi connectivity index (χ4v) is 1.81. The van der Waals surface area contributed by atoms with Gasteiger partial charge in [0.05, 0.1) is 18.4 Å². The van der Waals surface area contributed by atoms with Crippen molar-refractivity contribution in [2.75, 3.05) is 6.61 Å². The van der Waals surface area contributed by atoms with E-state index in [1.165, 1.54) is 0 Å². The van der Waals surface area contributed by atoms with Gasteiger partial charge in [-0.3, -0.25) is 0 Å². The normalized spacial score (nSPS) is 10.9. The van der Waals surface area contributed by atoms with E-state index in [4.69, 9.17) is 9.15 Å². The maximum absolute atomic E-state index is 5.54. The highest BCUT2D eigenvalue weighted by Gasteiger charge is 2.10. The molecular weight excluding hydrogens is 216 g/mol. The third-order valence-electron chi connectivity index (χ3n) is 2.53. The van der Waals surface area contributed by atoms with Crippen LogP contribution in [-0.4, -0.2) is 16.6 Å². The Labute approximate surface area is 98.2 Å². The molecule has 0 aliphatic carbocycles. The molecule has 2 aromatic heterocycles. The van der Waals surface area contributed by atoms with Crippen molar-refractivity contribution in [1.82, 2.24) is 9.97 Å². The molecule has 17 heavy (non-hydrogen) atoms. The molecule has 0 unspecified atom stereocenters. The minimum atomic E-state index is 0.627. The number of H-pyrrole nitrogens is 1. The van der Waals surface area contributed by atoms with Crippen molar-refractivity contribution in [2.24, 2.45) is 0 Å². The number of para-hydroxylation sites is 1. The van der Waals surface area contributed by atoms with Crippen LogP contribution in [0.4, 0.5) is 0 Å². The van der Waals surface area contributed by atoms with E-state index in [0.29, 0.717) is 6.61 Å². The number of aromatic nitrogens is 2. The standard InChI is InChI=1S/C13H12N2O2/c1-2-16-10-6-3-5-9-12(10)15-13(14-9)11-7-4-8-17-11/h3-8H,2H2,1H3,(H,14,15). The average Bonchev–Trinajstić information content (AvgIpc) is 2.98. The van der Waals surface area contributed by atoms with E-state index in [9.17, 15) is 0 Å². The molecule has 2 heterocycles. The van der Waals surface area contributed by atoms with Gasteiger partial charge in [-0.2, -0.15) is 0 Å². The van der Waals surface area contributed by atoms with Gasteiger partial charge < -0.3 is 14.1 Å². The average molecular weight is 228 g/mol. The Hall–Kier alpha value is -2.23. The lowest BCUT2D eigenvalue weighted by Crippen LogP contribution is -1.91. The van der Waals surface area contributed by atoms with E-state index in [0.717, 1.165) is 28.4 Å². The van der Waals surface area contributed by atoms with Crippen LogP contribution in [0.25, 0.3) is 22.6 Å². The van der Waals surface area contributed by atoms with Crippen molar-refractivity contribution in [3.05, 3.63) is 36.6 Å². The first-order valence-corrected chi connectivity index (χ1v) is 5.54. The molecule has 0 amide bonds. The maximum atomic E-state index is 5.54. The van der Waals surface area contributed by atoms with Crippen LogP contribution in [0.5, 0.6) is 5.75 Å². The van der Waals surface area contributed by atoms with E-state index < -0.39 is 0 Å². The second-order valence-corrected chi connectivity index (χ2v) is 3.65. The maximum Gasteiger partial charge on any atom is 0.174 e. The summed E-state index contributed by atoms with van der Waals surface area (Å²) in [4.78, 5) is 7.71. The summed E-state index contributed by atoms with van der Waals surface area (Å²) < 4.78 is 10.9. The van der Waals surface area contributed by atoms with Crippen LogP contribution in [0.3, 0.4) is 0 Å². The Bertz CT molecular complexity index is 626. The van der Waals surface area contributed by atoms with E-state index in [-0.39, 0.29) is 0 Å². The molecule has 0 atom stereocenters. The molecule has 1 aromatic carbocycles. The van der Waals surface area contributed by atoms with Crippen LogP contribution in [0.15, 0.2) is 41.0 Å². The number of aromatic amines is 1. The Kier molecular flexibility index (Phi) is 2.33. The zero-order valence-electron chi connectivity index (χ0n) is 9.43. The molecule has 0 bridgehead atoms. The molecule has 1 N–H and O–H groups in total. The van der Waals surface area contributed by atoms with Crippen molar-refractivity contribution in [3.8, 4) is 17.3 Å². The molecule has 0 fully saturated rings. The molecule has 0 saturated carbocycles. The summed E-state index contributed by atoms with van der Waals surface area (Å²) in [5.41, 5.74) is 1.78. The van der Waals surface area contributed by atoms with Gasteiger partial charge in [-0.15, -0.1) is 0 Å². The van der Waals surface area contributed by atoms with Gasteiger partial charge in [0.15, 0.2) is 11.6 Å². The lowest BCUT2D eigenvalue weighted by Gasteiger charge is -2.01. The molecule has 0 spiro atoms. The number of imidazole rings is 1. The first kappa shape index (κ1) is 9.96. The molecule has 4 heteroatoms. The third kappa shape index (κ3) is 1.67. The van der Waals surface area contributed by atoms with E-state index >= 15 is 0 Å². The molecule has 0 saturated heterocycles. The first-order chi connectivity index (χ1) is 8.38. The van der Waals surface area contributed by atoms with Crippen LogP contribution in [0, 0.1) is 0 Å². The highest BCUT2D eigenvalue weighted by atomic mass is 16.5. The Morgan fingerprint density at radius 3 is 3.00 bits per heavy atom. The Morgan fingerprint density at radius 1 is 1.29 bits per heavy atom. The number of hydrogen-bond donors (Lipinski definition) is 1. The smallest absolute Gasteiger partial charge is 0.174 e. The Balaban J connectivity index is 2.15. The number of benzene rings is 1. The van der Waals surface area contributed by atoms with Crippen molar-refractivity contribution in [2.45, 2.75) is 6.92 Å². The van der Waals surface area contributed by atoms with Crippen molar-refractivity contribution < 1.29 is 9.15 Å². The lowest BCUT2D eigenvalue weighted by atomic mass is 10.3. The second kappa shape index (κ2) is 3.97. The molecule has 4 nitrogen and oxygen atoms in total. The number of fused-ring (bicyclic) bond motifs is 1. The molecule has 3 rings (SSSR count). The van der Waals surface area contributed by atoms with Crippen LogP contribution in [0.1, 0.15) is 6.92 Å². The van der Waals surface area contributed by atoms with Gasteiger partial charge in [-0.25, -0.2) is 4.98 Å². The lowest BCUT2D eigenvalue weighted by molar-refractivity contribution is 0.344. The highest BCUT2D eigenvalue weighted by molar-refractivity contribution is 5.84. The van der Waals surface area contributed by atoms with Crippen molar-refractivity contribution >= 4 is 11.0 Å². The van der Waals surface area contributed by atoms with Gasteiger partial charge in [-0.05, 0) is 31.2 Å². The fourth-order valence-electron chi connectivity index (χ4n) is 1.81. The minimum Gasteiger partial charge on any atom is -0.492 e. The molecule has 0 radical (unpaired) electrons. The zero-order chi connectivity index (χ0) is 11.7. The number of furan rings is 1. The monoisotopic (exact) mass is 228 g/mol. The summed E-state index contributed by atoms with van der Waals surface area (Å²) in [6.07, 6.45) is 1.63. The summed E-state index contributed by atoms with van der Waals surface area (Å²) in [6, 6.07) is 9.54. The van der Waals surface area contributed by atoms with Gasteiger partial charge in [0, 0.05) is 0 Å². The highest BCUT2D eigenvalue weighted by Crippen LogP contribution is 2.27. The number of nitrogens with zero attached hydrogens (tertiary/aromatic N) is 1. The first-order valence-electron chi connectivity index (χ1n) is 5.54. The summed E-state index contributed by atoms with van der Waals surface area (Å²) >= 11 is 0. The van der Waals surface area contributed by atoms with E-state index in [2.05, 4.69) is 9.97 Å². The number of nitrogens with one attached hydrogen (secondary N) is 1. The van der Waals surface area contributed by atoms with Crippen molar-refractivity contribution in [1.29, 1.82) is 0 Å². The second-order valence-electron chi connectivity index (χ2n) is 3.65. The van der Waals surface area contributed by atoms with Gasteiger partial charge >= 0.3 is 0 Å². The van der Waals surface area contributed by atoms with Crippen LogP contribution in [0.2, 0.25) is 0 Å². The minimum absolute atomic E-state index is 0.627. The largest absolute Gasteiger partial charge is 0.492 e. The fraction of sp³-hybridized carbons (Fsp3) is 0.154. The van der Waals surface area contributed by atoms with Crippen LogP contribution in [-0.2, 0) is 0 Å². The van der Waals surface area contributed by atoms with E-state index in [1.54, 1.807) is 6.26 Å². The van der Waals surface area contributed by atoms with Gasteiger partial charge in [0.2, 0.25) is 0 Å². The molecule has 3 aromatic rings. The predicted molar refractivity (Wildman–Crippen MR) is 65.0 cm³/mol. The number of rotatable bonds is 3. The van der Waals surface area contributed by atoms with Gasteiger partial charge in [0.25, 0.3) is 0 Å². The summed E-state index contributed by atoms with van der Waals surface area (Å²) in [6.45, 7) is 2.58. The quantitative estimate of drug-likeness (QED) is 0.748. The Morgan fingerprint density at radius 2 is 2.24 bits per heavy atom. The molecule has 86 valence electrons. The van der Waals surface area contributed by atoms with Crippen LogP contribution < -0.4 is 4.74 Å². The predicted octanol–water partition coefficient (Wildman–Crippen LogP) is 3.22. The third-order valence-corrected chi connectivity index (χ3v) is 2.53.